The number of amides is 1. The van der Waals surface area contributed by atoms with Gasteiger partial charge in [-0.15, -0.1) is 0 Å². The Hall–Kier alpha value is -1.55. The summed E-state index contributed by atoms with van der Waals surface area (Å²) < 4.78 is 0. The molecule has 1 saturated heterocycles. The Morgan fingerprint density at radius 1 is 1.28 bits per heavy atom. The number of carbonyl (C=O) groups is 1. The SMILES string of the molecule is CC(C)(C(=O)N1CCCCO1)c1ccc(N)cc1. The second kappa shape index (κ2) is 4.98. The molecule has 1 aliphatic heterocycles. The van der Waals surface area contributed by atoms with Gasteiger partial charge in [-0.2, -0.15) is 0 Å². The molecule has 0 aliphatic carbocycles. The number of rotatable bonds is 2. The van der Waals surface area contributed by atoms with Crippen LogP contribution in [0.4, 0.5) is 5.69 Å². The third-order valence-corrected chi connectivity index (χ3v) is 3.40. The van der Waals surface area contributed by atoms with Gasteiger partial charge < -0.3 is 5.73 Å². The highest BCUT2D eigenvalue weighted by molar-refractivity contribution is 5.86. The summed E-state index contributed by atoms with van der Waals surface area (Å²) >= 11 is 0. The predicted molar refractivity (Wildman–Crippen MR) is 70.8 cm³/mol. The Morgan fingerprint density at radius 2 is 1.94 bits per heavy atom. The van der Waals surface area contributed by atoms with Crippen LogP contribution in [0.1, 0.15) is 32.3 Å². The summed E-state index contributed by atoms with van der Waals surface area (Å²) in [6.07, 6.45) is 2.02. The first-order valence-corrected chi connectivity index (χ1v) is 6.33. The first kappa shape index (κ1) is 12.9. The van der Waals surface area contributed by atoms with Crippen molar-refractivity contribution in [2.24, 2.45) is 0 Å². The van der Waals surface area contributed by atoms with Gasteiger partial charge in [0, 0.05) is 12.2 Å². The summed E-state index contributed by atoms with van der Waals surface area (Å²) in [6.45, 7) is 5.14. The second-order valence-electron chi connectivity index (χ2n) is 5.19. The van der Waals surface area contributed by atoms with E-state index in [9.17, 15) is 4.79 Å². The molecule has 1 aliphatic rings. The summed E-state index contributed by atoms with van der Waals surface area (Å²) in [5.74, 6) is 0.00646. The van der Waals surface area contributed by atoms with Crippen LogP contribution < -0.4 is 5.73 Å². The number of benzene rings is 1. The molecular weight excluding hydrogens is 228 g/mol. The minimum atomic E-state index is -0.592. The van der Waals surface area contributed by atoms with E-state index in [0.717, 1.165) is 18.4 Å². The van der Waals surface area contributed by atoms with Crippen LogP contribution in [-0.2, 0) is 15.0 Å². The van der Waals surface area contributed by atoms with Crippen molar-refractivity contribution in [2.75, 3.05) is 18.9 Å². The number of nitrogens with two attached hydrogens (primary N) is 1. The van der Waals surface area contributed by atoms with Gasteiger partial charge >= 0.3 is 0 Å². The van der Waals surface area contributed by atoms with E-state index >= 15 is 0 Å². The van der Waals surface area contributed by atoms with Crippen LogP contribution in [0.2, 0.25) is 0 Å². The fourth-order valence-corrected chi connectivity index (χ4v) is 2.09. The molecular formula is C14H20N2O2. The van der Waals surface area contributed by atoms with E-state index < -0.39 is 5.41 Å². The molecule has 0 radical (unpaired) electrons. The Bertz CT molecular complexity index is 420. The van der Waals surface area contributed by atoms with Gasteiger partial charge in [-0.05, 0) is 44.4 Å². The van der Waals surface area contributed by atoms with Gasteiger partial charge in [0.1, 0.15) is 0 Å². The quantitative estimate of drug-likeness (QED) is 0.815. The molecule has 4 heteroatoms. The highest BCUT2D eigenvalue weighted by Crippen LogP contribution is 2.27. The van der Waals surface area contributed by atoms with E-state index in [4.69, 9.17) is 10.6 Å². The average molecular weight is 248 g/mol. The smallest absolute Gasteiger partial charge is 0.256 e. The van der Waals surface area contributed by atoms with Crippen LogP contribution in [0.15, 0.2) is 24.3 Å². The molecule has 98 valence electrons. The van der Waals surface area contributed by atoms with Gasteiger partial charge in [-0.25, -0.2) is 5.06 Å². The summed E-state index contributed by atoms with van der Waals surface area (Å²) in [5.41, 5.74) is 6.74. The van der Waals surface area contributed by atoms with Crippen molar-refractivity contribution >= 4 is 11.6 Å². The monoisotopic (exact) mass is 248 g/mol. The largest absolute Gasteiger partial charge is 0.399 e. The standard InChI is InChI=1S/C14H20N2O2/c1-14(2,11-5-7-12(15)8-6-11)13(17)16-9-3-4-10-18-16/h5-8H,3-4,9-10,15H2,1-2H3. The molecule has 0 saturated carbocycles. The van der Waals surface area contributed by atoms with Crippen LogP contribution in [0, 0.1) is 0 Å². The van der Waals surface area contributed by atoms with Crippen molar-refractivity contribution in [3.63, 3.8) is 0 Å². The van der Waals surface area contributed by atoms with Crippen molar-refractivity contribution in [3.8, 4) is 0 Å². The van der Waals surface area contributed by atoms with E-state index in [1.807, 2.05) is 38.1 Å². The maximum absolute atomic E-state index is 12.5. The maximum atomic E-state index is 12.5. The molecule has 2 rings (SSSR count). The lowest BCUT2D eigenvalue weighted by Gasteiger charge is -2.33. The van der Waals surface area contributed by atoms with Crippen LogP contribution in [0.3, 0.4) is 0 Å². The number of nitrogen functional groups attached to an aromatic ring is 1. The minimum absolute atomic E-state index is 0.00646. The summed E-state index contributed by atoms with van der Waals surface area (Å²) in [7, 11) is 0. The van der Waals surface area contributed by atoms with Crippen molar-refractivity contribution in [2.45, 2.75) is 32.1 Å². The Labute approximate surface area is 108 Å². The van der Waals surface area contributed by atoms with E-state index in [1.165, 1.54) is 5.06 Å². The Morgan fingerprint density at radius 3 is 2.50 bits per heavy atom. The van der Waals surface area contributed by atoms with E-state index in [-0.39, 0.29) is 5.91 Å². The predicted octanol–water partition coefficient (Wildman–Crippen LogP) is 2.10. The molecule has 1 aromatic carbocycles. The highest BCUT2D eigenvalue weighted by atomic mass is 16.7. The molecule has 0 bridgehead atoms. The summed E-state index contributed by atoms with van der Waals surface area (Å²) in [5, 5.41) is 1.50. The molecule has 0 aromatic heterocycles. The van der Waals surface area contributed by atoms with Crippen LogP contribution in [0.5, 0.6) is 0 Å². The molecule has 1 fully saturated rings. The van der Waals surface area contributed by atoms with E-state index in [1.54, 1.807) is 0 Å². The van der Waals surface area contributed by atoms with Gasteiger partial charge in [-0.3, -0.25) is 9.63 Å². The zero-order valence-electron chi connectivity index (χ0n) is 11.0. The molecule has 0 unspecified atom stereocenters. The minimum Gasteiger partial charge on any atom is -0.399 e. The molecule has 4 nitrogen and oxygen atoms in total. The maximum Gasteiger partial charge on any atom is 0.256 e. The third kappa shape index (κ3) is 2.48. The fourth-order valence-electron chi connectivity index (χ4n) is 2.09. The molecule has 2 N–H and O–H groups in total. The van der Waals surface area contributed by atoms with E-state index in [2.05, 4.69) is 0 Å². The number of hydrogen-bond donors (Lipinski definition) is 1. The summed E-state index contributed by atoms with van der Waals surface area (Å²) in [6, 6.07) is 7.44. The first-order valence-electron chi connectivity index (χ1n) is 6.33. The number of carbonyl (C=O) groups excluding carboxylic acids is 1. The van der Waals surface area contributed by atoms with Gasteiger partial charge in [0.15, 0.2) is 0 Å². The Kier molecular flexibility index (Phi) is 3.57. The second-order valence-corrected chi connectivity index (χ2v) is 5.19. The molecule has 0 spiro atoms. The van der Waals surface area contributed by atoms with Crippen molar-refractivity contribution in [1.29, 1.82) is 0 Å². The van der Waals surface area contributed by atoms with Crippen molar-refractivity contribution in [1.82, 2.24) is 5.06 Å². The van der Waals surface area contributed by atoms with Crippen LogP contribution in [-0.4, -0.2) is 24.1 Å². The van der Waals surface area contributed by atoms with Crippen LogP contribution >= 0.6 is 0 Å². The number of anilines is 1. The van der Waals surface area contributed by atoms with E-state index in [0.29, 0.717) is 18.8 Å². The molecule has 0 atom stereocenters. The average Bonchev–Trinajstić information content (AvgIpc) is 2.39. The van der Waals surface area contributed by atoms with Crippen LogP contribution in [0.25, 0.3) is 0 Å². The first-order chi connectivity index (χ1) is 8.51. The normalized spacial score (nSPS) is 16.7. The van der Waals surface area contributed by atoms with Gasteiger partial charge in [0.25, 0.3) is 5.91 Å². The highest BCUT2D eigenvalue weighted by Gasteiger charge is 2.35. The van der Waals surface area contributed by atoms with Crippen molar-refractivity contribution in [3.05, 3.63) is 29.8 Å². The lowest BCUT2D eigenvalue weighted by Crippen LogP contribution is -2.45. The third-order valence-electron chi connectivity index (χ3n) is 3.40. The van der Waals surface area contributed by atoms with Gasteiger partial charge in [0.2, 0.25) is 0 Å². The molecule has 1 aromatic rings. The molecule has 1 heterocycles. The number of hydroxylamine groups is 2. The number of nitrogens with zero attached hydrogens (tertiary/aromatic N) is 1. The lowest BCUT2D eigenvalue weighted by molar-refractivity contribution is -0.202. The zero-order chi connectivity index (χ0) is 13.2. The lowest BCUT2D eigenvalue weighted by atomic mass is 9.83. The molecule has 18 heavy (non-hydrogen) atoms. The van der Waals surface area contributed by atoms with Gasteiger partial charge in [-0.1, -0.05) is 12.1 Å². The number of hydrogen-bond acceptors (Lipinski definition) is 3. The topological polar surface area (TPSA) is 55.6 Å². The zero-order valence-corrected chi connectivity index (χ0v) is 11.0. The Balaban J connectivity index is 2.18. The summed E-state index contributed by atoms with van der Waals surface area (Å²) in [4.78, 5) is 17.9. The van der Waals surface area contributed by atoms with Gasteiger partial charge in [0.05, 0.1) is 12.0 Å². The fraction of sp³-hybridized carbons (Fsp3) is 0.500. The van der Waals surface area contributed by atoms with Crippen molar-refractivity contribution < 1.29 is 9.63 Å². The molecule has 1 amide bonds.